The van der Waals surface area contributed by atoms with Crippen molar-refractivity contribution in [2.24, 2.45) is 4.99 Å². The number of hydrogen-bond donors (Lipinski definition) is 2. The highest BCUT2D eigenvalue weighted by molar-refractivity contribution is 7.10. The van der Waals surface area contributed by atoms with Crippen LogP contribution in [0.1, 0.15) is 43.5 Å². The number of ether oxygens (including phenoxy) is 1. The largest absolute Gasteiger partial charge is 0.379 e. The number of thiophene rings is 1. The summed E-state index contributed by atoms with van der Waals surface area (Å²) in [5.41, 5.74) is 0. The van der Waals surface area contributed by atoms with Crippen LogP contribution in [0.5, 0.6) is 0 Å². The maximum atomic E-state index is 5.54. The van der Waals surface area contributed by atoms with Crippen molar-refractivity contribution in [1.82, 2.24) is 20.4 Å². The Morgan fingerprint density at radius 1 is 1.29 bits per heavy atom. The second-order valence-corrected chi connectivity index (χ2v) is 8.77. The van der Waals surface area contributed by atoms with Crippen LogP contribution in [0.4, 0.5) is 0 Å². The first-order valence-electron chi connectivity index (χ1n) is 10.8. The van der Waals surface area contributed by atoms with Crippen molar-refractivity contribution in [3.05, 3.63) is 22.4 Å². The molecule has 0 bridgehead atoms. The Morgan fingerprint density at radius 2 is 2.14 bits per heavy atom. The number of likely N-dealkylation sites (tertiary alicyclic amines) is 1. The van der Waals surface area contributed by atoms with Gasteiger partial charge in [0.15, 0.2) is 5.96 Å². The average Bonchev–Trinajstić information content (AvgIpc) is 3.26. The van der Waals surface area contributed by atoms with E-state index in [-0.39, 0.29) is 0 Å². The van der Waals surface area contributed by atoms with E-state index in [0.717, 1.165) is 57.8 Å². The van der Waals surface area contributed by atoms with E-state index in [2.05, 4.69) is 49.9 Å². The average molecular weight is 408 g/mol. The van der Waals surface area contributed by atoms with Gasteiger partial charge in [-0.05, 0) is 44.2 Å². The van der Waals surface area contributed by atoms with Gasteiger partial charge in [0.05, 0.1) is 19.3 Å². The molecule has 2 fully saturated rings. The Labute approximate surface area is 174 Å². The third kappa shape index (κ3) is 6.44. The number of nitrogens with one attached hydrogen (secondary N) is 2. The van der Waals surface area contributed by atoms with E-state index < -0.39 is 0 Å². The molecule has 1 aromatic rings. The molecular weight excluding hydrogens is 370 g/mol. The molecule has 1 aromatic heterocycles. The summed E-state index contributed by atoms with van der Waals surface area (Å²) < 4.78 is 5.54. The van der Waals surface area contributed by atoms with Gasteiger partial charge in [-0.1, -0.05) is 12.5 Å². The lowest BCUT2D eigenvalue weighted by Gasteiger charge is -2.34. The van der Waals surface area contributed by atoms with Crippen molar-refractivity contribution in [2.45, 2.75) is 44.7 Å². The van der Waals surface area contributed by atoms with Crippen LogP contribution < -0.4 is 10.6 Å². The van der Waals surface area contributed by atoms with Crippen LogP contribution in [-0.4, -0.2) is 81.3 Å². The zero-order valence-electron chi connectivity index (χ0n) is 17.5. The molecule has 28 heavy (non-hydrogen) atoms. The van der Waals surface area contributed by atoms with E-state index >= 15 is 0 Å². The molecule has 2 atom stereocenters. The topological polar surface area (TPSA) is 52.1 Å². The highest BCUT2D eigenvalue weighted by Crippen LogP contribution is 2.25. The lowest BCUT2D eigenvalue weighted by Crippen LogP contribution is -2.46. The molecule has 0 aromatic carbocycles. The second-order valence-electron chi connectivity index (χ2n) is 7.79. The molecular formula is C21H37N5OS. The summed E-state index contributed by atoms with van der Waals surface area (Å²) in [4.78, 5) is 11.0. The number of rotatable bonds is 8. The summed E-state index contributed by atoms with van der Waals surface area (Å²) in [5.74, 6) is 0.904. The molecule has 0 saturated carbocycles. The summed E-state index contributed by atoms with van der Waals surface area (Å²) >= 11 is 1.83. The second kappa shape index (κ2) is 11.8. The summed E-state index contributed by atoms with van der Waals surface area (Å²) in [6.07, 6.45) is 5.25. The van der Waals surface area contributed by atoms with Crippen LogP contribution in [-0.2, 0) is 4.74 Å². The van der Waals surface area contributed by atoms with Gasteiger partial charge in [0, 0.05) is 50.7 Å². The summed E-state index contributed by atoms with van der Waals surface area (Å²) in [6.45, 7) is 10.3. The van der Waals surface area contributed by atoms with Gasteiger partial charge in [-0.2, -0.15) is 0 Å². The van der Waals surface area contributed by atoms with Crippen molar-refractivity contribution in [3.63, 3.8) is 0 Å². The monoisotopic (exact) mass is 407 g/mol. The third-order valence-electron chi connectivity index (χ3n) is 5.90. The fourth-order valence-corrected chi connectivity index (χ4v) is 5.03. The third-order valence-corrected chi connectivity index (χ3v) is 6.87. The molecule has 3 heterocycles. The Balaban J connectivity index is 1.42. The number of hydrogen-bond acceptors (Lipinski definition) is 5. The molecule has 2 saturated heterocycles. The lowest BCUT2D eigenvalue weighted by molar-refractivity contribution is 0.0177. The maximum absolute atomic E-state index is 5.54. The summed E-state index contributed by atoms with van der Waals surface area (Å²) in [5, 5.41) is 9.22. The maximum Gasteiger partial charge on any atom is 0.191 e. The molecule has 0 aliphatic carbocycles. The van der Waals surface area contributed by atoms with Crippen molar-refractivity contribution in [3.8, 4) is 0 Å². The van der Waals surface area contributed by atoms with Crippen LogP contribution in [0.2, 0.25) is 0 Å². The Bertz CT molecular complexity index is 573. The normalized spacial score (nSPS) is 23.5. The standard InChI is InChI=1S/C21H37N5OS/c1-18-7-3-4-10-25(18)11-6-9-23-21(22-2)24-17-19(20-8-5-16-28-20)26-12-14-27-15-13-26/h5,8,16,18-19H,3-4,6-7,9-15,17H2,1-2H3,(H2,22,23,24). The smallest absolute Gasteiger partial charge is 0.191 e. The van der Waals surface area contributed by atoms with Gasteiger partial charge in [0.25, 0.3) is 0 Å². The first-order valence-corrected chi connectivity index (χ1v) is 11.7. The number of morpholine rings is 1. The van der Waals surface area contributed by atoms with Gasteiger partial charge < -0.3 is 20.3 Å². The SMILES string of the molecule is CN=C(NCCCN1CCCCC1C)NCC(c1cccs1)N1CCOCC1. The Morgan fingerprint density at radius 3 is 2.86 bits per heavy atom. The molecule has 2 N–H and O–H groups in total. The van der Waals surface area contributed by atoms with Crippen LogP contribution in [0.25, 0.3) is 0 Å². The molecule has 0 amide bonds. The molecule has 2 aliphatic rings. The Kier molecular flexibility index (Phi) is 9.05. The molecule has 0 radical (unpaired) electrons. The van der Waals surface area contributed by atoms with Crippen molar-refractivity contribution in [2.75, 3.05) is 59.5 Å². The molecule has 2 unspecified atom stereocenters. The number of aliphatic imine (C=N–C) groups is 1. The van der Waals surface area contributed by atoms with Gasteiger partial charge in [0.1, 0.15) is 0 Å². The van der Waals surface area contributed by atoms with E-state index in [0.29, 0.717) is 6.04 Å². The van der Waals surface area contributed by atoms with E-state index in [1.54, 1.807) is 0 Å². The molecule has 3 rings (SSSR count). The van der Waals surface area contributed by atoms with E-state index in [4.69, 9.17) is 4.74 Å². The van der Waals surface area contributed by atoms with Crippen LogP contribution in [0.3, 0.4) is 0 Å². The zero-order valence-corrected chi connectivity index (χ0v) is 18.3. The number of guanidine groups is 1. The fraction of sp³-hybridized carbons (Fsp3) is 0.762. The van der Waals surface area contributed by atoms with Gasteiger partial charge in [-0.15, -0.1) is 11.3 Å². The molecule has 6 nitrogen and oxygen atoms in total. The predicted octanol–water partition coefficient (Wildman–Crippen LogP) is 2.55. The van der Waals surface area contributed by atoms with E-state index in [1.807, 2.05) is 18.4 Å². The van der Waals surface area contributed by atoms with Crippen molar-refractivity contribution >= 4 is 17.3 Å². The highest BCUT2D eigenvalue weighted by atomic mass is 32.1. The van der Waals surface area contributed by atoms with Gasteiger partial charge in [-0.25, -0.2) is 0 Å². The highest BCUT2D eigenvalue weighted by Gasteiger charge is 2.23. The first kappa shape index (κ1) is 21.6. The van der Waals surface area contributed by atoms with Crippen molar-refractivity contribution in [1.29, 1.82) is 0 Å². The number of nitrogens with zero attached hydrogens (tertiary/aromatic N) is 3. The molecule has 2 aliphatic heterocycles. The minimum absolute atomic E-state index is 0.372. The zero-order chi connectivity index (χ0) is 19.6. The molecule has 7 heteroatoms. The molecule has 158 valence electrons. The van der Waals surface area contributed by atoms with E-state index in [1.165, 1.54) is 37.2 Å². The summed E-state index contributed by atoms with van der Waals surface area (Å²) in [7, 11) is 1.86. The molecule has 0 spiro atoms. The summed E-state index contributed by atoms with van der Waals surface area (Å²) in [6, 6.07) is 5.49. The minimum Gasteiger partial charge on any atom is -0.379 e. The quantitative estimate of drug-likeness (QED) is 0.394. The number of piperidine rings is 1. The first-order chi connectivity index (χ1) is 13.8. The fourth-order valence-electron chi connectivity index (χ4n) is 4.17. The van der Waals surface area contributed by atoms with Crippen LogP contribution in [0.15, 0.2) is 22.5 Å². The predicted molar refractivity (Wildman–Crippen MR) is 118 cm³/mol. The lowest BCUT2D eigenvalue weighted by atomic mass is 10.0. The van der Waals surface area contributed by atoms with Gasteiger partial charge >= 0.3 is 0 Å². The van der Waals surface area contributed by atoms with Crippen molar-refractivity contribution < 1.29 is 4.74 Å². The van der Waals surface area contributed by atoms with Gasteiger partial charge in [-0.3, -0.25) is 9.89 Å². The minimum atomic E-state index is 0.372. The van der Waals surface area contributed by atoms with Crippen LogP contribution in [0, 0.1) is 0 Å². The van der Waals surface area contributed by atoms with Crippen LogP contribution >= 0.6 is 11.3 Å². The Hall–Kier alpha value is -1.15. The van der Waals surface area contributed by atoms with Gasteiger partial charge in [0.2, 0.25) is 0 Å². The van der Waals surface area contributed by atoms with E-state index in [9.17, 15) is 0 Å².